The molecule has 11 heteroatoms. The van der Waals surface area contributed by atoms with Crippen LogP contribution in [0.15, 0.2) is 54.6 Å². The molecule has 2 atom stereocenters. The summed E-state index contributed by atoms with van der Waals surface area (Å²) in [5, 5.41) is 48.1. The lowest BCUT2D eigenvalue weighted by atomic mass is 9.36. The Morgan fingerprint density at radius 2 is 0.875 bits per heavy atom. The van der Waals surface area contributed by atoms with Gasteiger partial charge >= 0.3 is 0 Å². The number of amides is 3. The molecular formula is C45H60N4O7. The Hall–Kier alpha value is -4.77. The van der Waals surface area contributed by atoms with E-state index in [9.17, 15) is 34.8 Å². The molecule has 56 heavy (non-hydrogen) atoms. The highest BCUT2D eigenvalue weighted by atomic mass is 16.3. The molecule has 9 N–H and O–H groups in total. The maximum Gasteiger partial charge on any atom is 0.220 e. The molecule has 0 saturated heterocycles. The second-order valence-corrected chi connectivity index (χ2v) is 17.8. The van der Waals surface area contributed by atoms with E-state index in [-0.39, 0.29) is 57.0 Å². The zero-order chi connectivity index (χ0) is 40.1. The van der Waals surface area contributed by atoms with Crippen LogP contribution in [0.4, 0.5) is 0 Å². The molecule has 0 heterocycles. The molecule has 2 unspecified atom stereocenters. The molecule has 3 aromatic rings. The zero-order valence-electron chi connectivity index (χ0n) is 33.0. The fourth-order valence-corrected chi connectivity index (χ4v) is 11.0. The number of hydrogen-bond acceptors (Lipinski definition) is 8. The molecule has 3 aromatic carbocycles. The number of benzene rings is 3. The lowest BCUT2D eigenvalue weighted by Gasteiger charge is -2.70. The number of hydrogen-bond donors (Lipinski definition) is 8. The highest BCUT2D eigenvalue weighted by Gasteiger charge is 2.66. The van der Waals surface area contributed by atoms with Crippen molar-refractivity contribution >= 4 is 17.7 Å². The average Bonchev–Trinajstić information content (AvgIpc) is 3.13. The van der Waals surface area contributed by atoms with E-state index in [0.717, 1.165) is 62.5 Å². The summed E-state index contributed by atoms with van der Waals surface area (Å²) < 4.78 is 0. The van der Waals surface area contributed by atoms with Gasteiger partial charge in [0.1, 0.15) is 0 Å². The fraction of sp³-hybridized carbons (Fsp3) is 0.533. The van der Waals surface area contributed by atoms with Crippen LogP contribution in [0.5, 0.6) is 23.0 Å². The van der Waals surface area contributed by atoms with Gasteiger partial charge in [0.25, 0.3) is 0 Å². The molecule has 302 valence electrons. The Balaban J connectivity index is 1.08. The first-order chi connectivity index (χ1) is 26.6. The molecule has 7 rings (SSSR count). The van der Waals surface area contributed by atoms with Gasteiger partial charge in [-0.25, -0.2) is 0 Å². The van der Waals surface area contributed by atoms with Crippen molar-refractivity contribution in [2.45, 2.75) is 116 Å². The Bertz CT molecular complexity index is 1700. The van der Waals surface area contributed by atoms with Crippen molar-refractivity contribution in [3.63, 3.8) is 0 Å². The minimum absolute atomic E-state index is 0.0395. The number of nitrogens with one attached hydrogen (secondary N) is 3. The number of phenols is 4. The molecule has 4 aliphatic carbocycles. The molecule has 11 nitrogen and oxygen atoms in total. The summed E-state index contributed by atoms with van der Waals surface area (Å²) in [5.74, 6) is -0.758. The molecule has 0 aromatic heterocycles. The second kappa shape index (κ2) is 16.8. The van der Waals surface area contributed by atoms with E-state index in [1.807, 2.05) is 0 Å². The SMILES string of the molecule is Cc1ccc(CCNC(=O)CCC23CC4(N)CC(CCC(=O)NCCc5ccc(O)c(O)c5)(C2)CC(CCC(=O)NCCc2ccc(O)c(O)c2)(C4)C3)cc1C. The van der Waals surface area contributed by atoms with Crippen molar-refractivity contribution < 1.29 is 34.8 Å². The highest BCUT2D eigenvalue weighted by Crippen LogP contribution is 2.73. The van der Waals surface area contributed by atoms with Crippen LogP contribution in [-0.4, -0.2) is 63.3 Å². The van der Waals surface area contributed by atoms with E-state index in [2.05, 4.69) is 48.0 Å². The van der Waals surface area contributed by atoms with E-state index in [4.69, 9.17) is 5.73 Å². The van der Waals surface area contributed by atoms with Gasteiger partial charge in [0.15, 0.2) is 23.0 Å². The van der Waals surface area contributed by atoms with E-state index in [1.54, 1.807) is 12.1 Å². The number of aryl methyl sites for hydroxylation is 2. The lowest BCUT2D eigenvalue weighted by molar-refractivity contribution is -0.179. The smallest absolute Gasteiger partial charge is 0.220 e. The Morgan fingerprint density at radius 3 is 1.23 bits per heavy atom. The van der Waals surface area contributed by atoms with Crippen LogP contribution in [0.25, 0.3) is 0 Å². The van der Waals surface area contributed by atoms with Crippen molar-refractivity contribution in [3.8, 4) is 23.0 Å². The van der Waals surface area contributed by atoms with Crippen LogP contribution in [0.1, 0.15) is 105 Å². The summed E-state index contributed by atoms with van der Waals surface area (Å²) in [4.78, 5) is 39.8. The fourth-order valence-electron chi connectivity index (χ4n) is 11.0. The maximum atomic E-state index is 13.3. The molecule has 3 amide bonds. The van der Waals surface area contributed by atoms with Gasteiger partial charge in [-0.05, 0) is 159 Å². The van der Waals surface area contributed by atoms with Gasteiger partial charge < -0.3 is 42.1 Å². The van der Waals surface area contributed by atoms with Crippen LogP contribution < -0.4 is 21.7 Å². The third kappa shape index (κ3) is 10.1. The maximum absolute atomic E-state index is 13.3. The van der Waals surface area contributed by atoms with Gasteiger partial charge in [-0.15, -0.1) is 0 Å². The number of carbonyl (C=O) groups excluding carboxylic acids is 3. The van der Waals surface area contributed by atoms with Crippen molar-refractivity contribution in [2.75, 3.05) is 19.6 Å². The van der Waals surface area contributed by atoms with Gasteiger partial charge in [-0.3, -0.25) is 14.4 Å². The summed E-state index contributed by atoms with van der Waals surface area (Å²) in [6.45, 7) is 5.59. The first kappa shape index (κ1) is 40.9. The van der Waals surface area contributed by atoms with Crippen LogP contribution in [0, 0.1) is 30.1 Å². The van der Waals surface area contributed by atoms with E-state index < -0.39 is 5.54 Å². The third-order valence-corrected chi connectivity index (χ3v) is 12.9. The number of rotatable bonds is 18. The van der Waals surface area contributed by atoms with Gasteiger partial charge in [-0.2, -0.15) is 0 Å². The van der Waals surface area contributed by atoms with E-state index >= 15 is 0 Å². The van der Waals surface area contributed by atoms with Crippen LogP contribution in [0.3, 0.4) is 0 Å². The Kier molecular flexibility index (Phi) is 12.2. The minimum Gasteiger partial charge on any atom is -0.504 e. The molecule has 4 bridgehead atoms. The predicted molar refractivity (Wildman–Crippen MR) is 215 cm³/mol. The lowest BCUT2D eigenvalue weighted by Crippen LogP contribution is -2.67. The van der Waals surface area contributed by atoms with Crippen molar-refractivity contribution in [2.24, 2.45) is 22.0 Å². The monoisotopic (exact) mass is 768 g/mol. The molecule has 0 spiro atoms. The van der Waals surface area contributed by atoms with Gasteiger partial charge in [0.2, 0.25) is 17.7 Å². The topological polar surface area (TPSA) is 194 Å². The average molecular weight is 769 g/mol. The standard InChI is InChI=1S/C45H60N4O7/c1-30-3-4-32(21-31(30)2)12-18-47-39(54)9-15-42-24-43(16-10-40(55)48-19-13-33-5-7-35(50)37(52)22-33)26-44(25-42,29-45(46,27-42)28-43)17-11-41(56)49-20-14-34-6-8-36(51)38(53)23-34/h3-8,21-23,50-53H,9-20,24-29,46H2,1-2H3,(H,47,54)(H,48,55)(H,49,56). The van der Waals surface area contributed by atoms with E-state index in [0.29, 0.717) is 64.6 Å². The number of aromatic hydroxyl groups is 4. The zero-order valence-corrected chi connectivity index (χ0v) is 33.0. The molecule has 0 radical (unpaired) electrons. The minimum atomic E-state index is -0.427. The van der Waals surface area contributed by atoms with Crippen LogP contribution >= 0.6 is 0 Å². The molecular weight excluding hydrogens is 709 g/mol. The van der Waals surface area contributed by atoms with Gasteiger partial charge in [-0.1, -0.05) is 30.3 Å². The summed E-state index contributed by atoms with van der Waals surface area (Å²) in [7, 11) is 0. The summed E-state index contributed by atoms with van der Waals surface area (Å²) in [6, 6.07) is 15.8. The van der Waals surface area contributed by atoms with Gasteiger partial charge in [0.05, 0.1) is 0 Å². The molecule has 4 fully saturated rings. The normalized spacial score (nSPS) is 24.8. The van der Waals surface area contributed by atoms with Crippen LogP contribution in [0.2, 0.25) is 0 Å². The first-order valence-corrected chi connectivity index (χ1v) is 20.2. The Labute approximate surface area is 330 Å². The van der Waals surface area contributed by atoms with Crippen molar-refractivity contribution in [3.05, 3.63) is 82.4 Å². The molecule has 0 aliphatic heterocycles. The summed E-state index contributed by atoms with van der Waals surface area (Å²) in [6.07, 6.45) is 10.3. The van der Waals surface area contributed by atoms with Crippen molar-refractivity contribution in [1.82, 2.24) is 16.0 Å². The largest absolute Gasteiger partial charge is 0.504 e. The number of nitrogens with two attached hydrogens (primary N) is 1. The van der Waals surface area contributed by atoms with Crippen LogP contribution in [-0.2, 0) is 33.6 Å². The van der Waals surface area contributed by atoms with E-state index in [1.165, 1.54) is 41.0 Å². The third-order valence-electron chi connectivity index (χ3n) is 12.9. The Morgan fingerprint density at radius 1 is 0.518 bits per heavy atom. The predicted octanol–water partition coefficient (Wildman–Crippen LogP) is 5.88. The molecule has 4 aliphatic rings. The quantitative estimate of drug-likeness (QED) is 0.0735. The van der Waals surface area contributed by atoms with Gasteiger partial charge in [0, 0.05) is 44.4 Å². The summed E-state index contributed by atoms with van der Waals surface area (Å²) in [5.41, 5.74) is 11.7. The highest BCUT2D eigenvalue weighted by molar-refractivity contribution is 5.77. The first-order valence-electron chi connectivity index (χ1n) is 20.2. The second-order valence-electron chi connectivity index (χ2n) is 17.8. The number of carbonyl (C=O) groups is 3. The molecule has 4 saturated carbocycles. The van der Waals surface area contributed by atoms with Crippen molar-refractivity contribution in [1.29, 1.82) is 0 Å². The number of phenolic OH excluding ortho intramolecular Hbond substituents is 4. The summed E-state index contributed by atoms with van der Waals surface area (Å²) >= 11 is 0.